The number of hydrogen-bond donors (Lipinski definition) is 2. The molecular weight excluding hydrogens is 210 g/mol. The molecule has 0 heterocycles. The Morgan fingerprint density at radius 3 is 2.41 bits per heavy atom. The van der Waals surface area contributed by atoms with Crippen LogP contribution in [0, 0.1) is 5.92 Å². The summed E-state index contributed by atoms with van der Waals surface area (Å²) in [6, 6.07) is 9.95. The third-order valence-corrected chi connectivity index (χ3v) is 3.46. The summed E-state index contributed by atoms with van der Waals surface area (Å²) in [5.41, 5.74) is 7.29. The van der Waals surface area contributed by atoms with Gasteiger partial charge in [-0.3, -0.25) is 0 Å². The van der Waals surface area contributed by atoms with Crippen LogP contribution in [0.3, 0.4) is 0 Å². The molecule has 96 valence electrons. The van der Waals surface area contributed by atoms with Gasteiger partial charge in [-0.1, -0.05) is 63.4 Å². The fourth-order valence-electron chi connectivity index (χ4n) is 2.08. The first kappa shape index (κ1) is 14.2. The monoisotopic (exact) mass is 235 g/mol. The summed E-state index contributed by atoms with van der Waals surface area (Å²) in [6.45, 7) is 4.21. The maximum Gasteiger partial charge on any atom is 0.0583 e. The summed E-state index contributed by atoms with van der Waals surface area (Å²) in [5, 5.41) is 10.1. The van der Waals surface area contributed by atoms with E-state index >= 15 is 0 Å². The molecule has 0 saturated carbocycles. The maximum absolute atomic E-state index is 10.1. The number of unbranched alkanes of at least 4 members (excludes halogenated alkanes) is 2. The first-order valence-corrected chi connectivity index (χ1v) is 6.65. The Labute approximate surface area is 105 Å². The van der Waals surface area contributed by atoms with E-state index in [9.17, 15) is 5.11 Å². The minimum atomic E-state index is -0.295. The second-order valence-electron chi connectivity index (χ2n) is 4.86. The Kier molecular flexibility index (Phi) is 6.23. The Morgan fingerprint density at radius 1 is 1.18 bits per heavy atom. The van der Waals surface area contributed by atoms with Crippen molar-refractivity contribution >= 4 is 0 Å². The number of hydrogen-bond acceptors (Lipinski definition) is 2. The van der Waals surface area contributed by atoms with Crippen LogP contribution in [0.5, 0.6) is 0 Å². The smallest absolute Gasteiger partial charge is 0.0583 e. The molecule has 1 aromatic rings. The van der Waals surface area contributed by atoms with Gasteiger partial charge >= 0.3 is 0 Å². The SMILES string of the molecule is CCCCC[C@H](O)[C@H](C)[C@H](N)c1ccccc1. The molecule has 3 N–H and O–H groups in total. The average molecular weight is 235 g/mol. The number of aliphatic hydroxyl groups excluding tert-OH is 1. The molecule has 1 aromatic carbocycles. The van der Waals surface area contributed by atoms with Gasteiger partial charge in [-0.15, -0.1) is 0 Å². The van der Waals surface area contributed by atoms with Crippen molar-refractivity contribution in [3.8, 4) is 0 Å². The van der Waals surface area contributed by atoms with Crippen molar-refractivity contribution in [1.82, 2.24) is 0 Å². The predicted molar refractivity (Wildman–Crippen MR) is 72.7 cm³/mol. The van der Waals surface area contributed by atoms with Crippen molar-refractivity contribution in [3.63, 3.8) is 0 Å². The summed E-state index contributed by atoms with van der Waals surface area (Å²) in [5.74, 6) is 0.106. The van der Waals surface area contributed by atoms with Gasteiger partial charge in [0.2, 0.25) is 0 Å². The van der Waals surface area contributed by atoms with Gasteiger partial charge in [-0.25, -0.2) is 0 Å². The number of nitrogens with two attached hydrogens (primary N) is 1. The van der Waals surface area contributed by atoms with Crippen molar-refractivity contribution in [2.45, 2.75) is 51.7 Å². The molecule has 0 saturated heterocycles. The topological polar surface area (TPSA) is 46.2 Å². The highest BCUT2D eigenvalue weighted by atomic mass is 16.3. The van der Waals surface area contributed by atoms with E-state index in [0.29, 0.717) is 0 Å². The van der Waals surface area contributed by atoms with Crippen LogP contribution in [0.4, 0.5) is 0 Å². The highest BCUT2D eigenvalue weighted by Crippen LogP contribution is 2.24. The second kappa shape index (κ2) is 7.46. The van der Waals surface area contributed by atoms with Crippen molar-refractivity contribution < 1.29 is 5.11 Å². The minimum absolute atomic E-state index is 0.0761. The van der Waals surface area contributed by atoms with E-state index in [1.54, 1.807) is 0 Å². The lowest BCUT2D eigenvalue weighted by molar-refractivity contribution is 0.0911. The molecule has 0 radical (unpaired) electrons. The van der Waals surface area contributed by atoms with Crippen LogP contribution in [0.15, 0.2) is 30.3 Å². The zero-order chi connectivity index (χ0) is 12.7. The summed E-state index contributed by atoms with van der Waals surface area (Å²) >= 11 is 0. The summed E-state index contributed by atoms with van der Waals surface area (Å²) in [6.07, 6.45) is 4.02. The van der Waals surface area contributed by atoms with Crippen LogP contribution in [0.25, 0.3) is 0 Å². The van der Waals surface area contributed by atoms with Gasteiger partial charge in [0, 0.05) is 12.0 Å². The fraction of sp³-hybridized carbons (Fsp3) is 0.600. The van der Waals surface area contributed by atoms with Gasteiger partial charge in [0.15, 0.2) is 0 Å². The van der Waals surface area contributed by atoms with Gasteiger partial charge in [-0.2, -0.15) is 0 Å². The van der Waals surface area contributed by atoms with Crippen LogP contribution >= 0.6 is 0 Å². The molecule has 1 rings (SSSR count). The van der Waals surface area contributed by atoms with Gasteiger partial charge in [-0.05, 0) is 12.0 Å². The molecule has 0 fully saturated rings. The predicted octanol–water partition coefficient (Wildman–Crippen LogP) is 3.26. The van der Waals surface area contributed by atoms with E-state index in [2.05, 4.69) is 6.92 Å². The standard InChI is InChI=1S/C15H25NO/c1-3-4-6-11-14(17)12(2)15(16)13-9-7-5-8-10-13/h5,7-10,12,14-15,17H,3-4,6,11,16H2,1-2H3/t12-,14-,15-/m0/s1. The molecular formula is C15H25NO. The molecule has 0 spiro atoms. The van der Waals surface area contributed by atoms with Crippen molar-refractivity contribution in [2.24, 2.45) is 11.7 Å². The first-order chi connectivity index (χ1) is 8.16. The Morgan fingerprint density at radius 2 is 1.82 bits per heavy atom. The van der Waals surface area contributed by atoms with E-state index in [4.69, 9.17) is 5.73 Å². The molecule has 2 heteroatoms. The Bertz CT molecular complexity index is 299. The lowest BCUT2D eigenvalue weighted by Gasteiger charge is -2.25. The van der Waals surface area contributed by atoms with Gasteiger partial charge in [0.1, 0.15) is 0 Å². The molecule has 0 aromatic heterocycles. The Hall–Kier alpha value is -0.860. The highest BCUT2D eigenvalue weighted by Gasteiger charge is 2.21. The second-order valence-corrected chi connectivity index (χ2v) is 4.86. The van der Waals surface area contributed by atoms with Gasteiger partial charge in [0.25, 0.3) is 0 Å². The molecule has 0 aliphatic heterocycles. The van der Waals surface area contributed by atoms with Crippen molar-refractivity contribution in [2.75, 3.05) is 0 Å². The summed E-state index contributed by atoms with van der Waals surface area (Å²) in [4.78, 5) is 0. The number of aliphatic hydroxyl groups is 1. The van der Waals surface area contributed by atoms with E-state index in [1.807, 2.05) is 37.3 Å². The largest absolute Gasteiger partial charge is 0.393 e. The first-order valence-electron chi connectivity index (χ1n) is 6.65. The molecule has 0 unspecified atom stereocenters. The van der Waals surface area contributed by atoms with Gasteiger partial charge in [0.05, 0.1) is 6.10 Å². The number of benzene rings is 1. The summed E-state index contributed by atoms with van der Waals surface area (Å²) in [7, 11) is 0. The Balaban J connectivity index is 2.48. The van der Waals surface area contributed by atoms with E-state index in [0.717, 1.165) is 18.4 Å². The molecule has 0 amide bonds. The van der Waals surface area contributed by atoms with Crippen LogP contribution in [-0.4, -0.2) is 11.2 Å². The zero-order valence-corrected chi connectivity index (χ0v) is 11.0. The maximum atomic E-state index is 10.1. The normalized spacial score (nSPS) is 16.5. The lowest BCUT2D eigenvalue weighted by Crippen LogP contribution is -2.29. The van der Waals surface area contributed by atoms with Crippen LogP contribution in [0.2, 0.25) is 0 Å². The quantitative estimate of drug-likeness (QED) is 0.713. The molecule has 17 heavy (non-hydrogen) atoms. The molecule has 2 nitrogen and oxygen atoms in total. The zero-order valence-electron chi connectivity index (χ0n) is 11.0. The van der Waals surface area contributed by atoms with E-state index in [1.165, 1.54) is 12.8 Å². The lowest BCUT2D eigenvalue weighted by atomic mass is 9.88. The third kappa shape index (κ3) is 4.49. The van der Waals surface area contributed by atoms with Crippen LogP contribution < -0.4 is 5.73 Å². The third-order valence-electron chi connectivity index (χ3n) is 3.46. The fourth-order valence-corrected chi connectivity index (χ4v) is 2.08. The molecule has 0 aliphatic rings. The minimum Gasteiger partial charge on any atom is -0.393 e. The van der Waals surface area contributed by atoms with Crippen molar-refractivity contribution in [1.29, 1.82) is 0 Å². The molecule has 0 bridgehead atoms. The van der Waals surface area contributed by atoms with Gasteiger partial charge < -0.3 is 10.8 Å². The van der Waals surface area contributed by atoms with Crippen LogP contribution in [0.1, 0.15) is 51.1 Å². The van der Waals surface area contributed by atoms with Crippen molar-refractivity contribution in [3.05, 3.63) is 35.9 Å². The molecule has 3 atom stereocenters. The average Bonchev–Trinajstić information content (AvgIpc) is 2.38. The van der Waals surface area contributed by atoms with E-state index in [-0.39, 0.29) is 18.1 Å². The summed E-state index contributed by atoms with van der Waals surface area (Å²) < 4.78 is 0. The highest BCUT2D eigenvalue weighted by molar-refractivity contribution is 5.19. The van der Waals surface area contributed by atoms with Crippen LogP contribution in [-0.2, 0) is 0 Å². The number of rotatable bonds is 7. The van der Waals surface area contributed by atoms with E-state index < -0.39 is 0 Å². The molecule has 0 aliphatic carbocycles.